The van der Waals surface area contributed by atoms with Gasteiger partial charge in [0.25, 0.3) is 0 Å². The van der Waals surface area contributed by atoms with Crippen molar-refractivity contribution in [3.63, 3.8) is 0 Å². The van der Waals surface area contributed by atoms with Gasteiger partial charge in [0.15, 0.2) is 0 Å². The minimum absolute atomic E-state index is 0.166. The zero-order chi connectivity index (χ0) is 14.4. The molecular formula is C14H21N3O2S. The third kappa shape index (κ3) is 4.23. The Hall–Kier alpha value is -1.56. The summed E-state index contributed by atoms with van der Waals surface area (Å²) in [7, 11) is -3.23. The summed E-state index contributed by atoms with van der Waals surface area (Å²) in [5, 5.41) is 3.24. The van der Waals surface area contributed by atoms with Crippen LogP contribution in [-0.4, -0.2) is 33.1 Å². The van der Waals surface area contributed by atoms with Crippen LogP contribution in [0.15, 0.2) is 29.3 Å². The van der Waals surface area contributed by atoms with Gasteiger partial charge in [-0.3, -0.25) is 9.71 Å². The second-order valence-electron chi connectivity index (χ2n) is 4.86. The molecule has 1 aliphatic heterocycles. The first kappa shape index (κ1) is 14.8. The lowest BCUT2D eigenvalue weighted by Crippen LogP contribution is -2.30. The molecule has 0 saturated heterocycles. The molecule has 0 aliphatic carbocycles. The maximum absolute atomic E-state index is 11.8. The molecule has 2 N–H and O–H groups in total. The number of nitrogens with zero attached hydrogens (tertiary/aromatic N) is 1. The number of aliphatic imine (C=N–C) groups is 1. The summed E-state index contributed by atoms with van der Waals surface area (Å²) < 4.78 is 26.2. The first-order valence-corrected chi connectivity index (χ1v) is 8.65. The summed E-state index contributed by atoms with van der Waals surface area (Å²) in [6.07, 6.45) is 2.60. The van der Waals surface area contributed by atoms with E-state index in [0.717, 1.165) is 37.3 Å². The predicted molar refractivity (Wildman–Crippen MR) is 82.8 cm³/mol. The molecule has 1 aromatic carbocycles. The maximum atomic E-state index is 11.8. The summed E-state index contributed by atoms with van der Waals surface area (Å²) in [4.78, 5) is 4.41. The molecule has 110 valence electrons. The Labute approximate surface area is 120 Å². The Bertz CT molecular complexity index is 565. The summed E-state index contributed by atoms with van der Waals surface area (Å²) in [6, 6.07) is 7.32. The van der Waals surface area contributed by atoms with Crippen LogP contribution >= 0.6 is 0 Å². The number of unbranched alkanes of at least 4 members (excludes halogenated alkanes) is 1. The van der Waals surface area contributed by atoms with Gasteiger partial charge in [-0.2, -0.15) is 0 Å². The van der Waals surface area contributed by atoms with Gasteiger partial charge >= 0.3 is 0 Å². The molecule has 0 fully saturated rings. The molecule has 0 atom stereocenters. The Morgan fingerprint density at radius 3 is 2.65 bits per heavy atom. The standard InChI is InChI=1S/C14H21N3O2S/c1-2-3-11-20(18,19)17-13-7-5-12(6-8-13)14-15-9-4-10-16-14/h5-8,17H,2-4,9-11H2,1H3,(H,15,16). The van der Waals surface area contributed by atoms with Crippen LogP contribution in [0.2, 0.25) is 0 Å². The minimum Gasteiger partial charge on any atom is -0.370 e. The summed E-state index contributed by atoms with van der Waals surface area (Å²) >= 11 is 0. The number of hydrogen-bond acceptors (Lipinski definition) is 4. The largest absolute Gasteiger partial charge is 0.370 e. The highest BCUT2D eigenvalue weighted by Gasteiger charge is 2.10. The quantitative estimate of drug-likeness (QED) is 0.843. The third-order valence-corrected chi connectivity index (χ3v) is 4.47. The second kappa shape index (κ2) is 6.74. The van der Waals surface area contributed by atoms with Gasteiger partial charge in [0.1, 0.15) is 5.84 Å². The number of rotatable bonds is 6. The smallest absolute Gasteiger partial charge is 0.232 e. The van der Waals surface area contributed by atoms with Crippen molar-refractivity contribution < 1.29 is 8.42 Å². The van der Waals surface area contributed by atoms with E-state index in [1.165, 1.54) is 0 Å². The molecule has 2 rings (SSSR count). The number of hydrogen-bond donors (Lipinski definition) is 2. The number of amidine groups is 1. The monoisotopic (exact) mass is 295 g/mol. The van der Waals surface area contributed by atoms with E-state index in [-0.39, 0.29) is 5.75 Å². The maximum Gasteiger partial charge on any atom is 0.232 e. The van der Waals surface area contributed by atoms with Crippen LogP contribution in [0.1, 0.15) is 31.7 Å². The Kier molecular flexibility index (Phi) is 5.00. The summed E-state index contributed by atoms with van der Waals surface area (Å²) in [5.74, 6) is 1.05. The fourth-order valence-corrected chi connectivity index (χ4v) is 3.25. The van der Waals surface area contributed by atoms with E-state index in [2.05, 4.69) is 15.0 Å². The van der Waals surface area contributed by atoms with E-state index >= 15 is 0 Å². The van der Waals surface area contributed by atoms with Crippen LogP contribution in [0, 0.1) is 0 Å². The number of nitrogens with one attached hydrogen (secondary N) is 2. The van der Waals surface area contributed by atoms with E-state index in [4.69, 9.17) is 0 Å². The van der Waals surface area contributed by atoms with Crippen LogP contribution in [0.5, 0.6) is 0 Å². The first-order valence-electron chi connectivity index (χ1n) is 7.00. The third-order valence-electron chi connectivity index (χ3n) is 3.10. The van der Waals surface area contributed by atoms with Gasteiger partial charge in [0.05, 0.1) is 5.75 Å². The predicted octanol–water partition coefficient (Wildman–Crippen LogP) is 1.97. The van der Waals surface area contributed by atoms with Crippen molar-refractivity contribution in [2.24, 2.45) is 4.99 Å². The second-order valence-corrected chi connectivity index (χ2v) is 6.70. The van der Waals surface area contributed by atoms with Crippen molar-refractivity contribution in [3.8, 4) is 0 Å². The van der Waals surface area contributed by atoms with Crippen molar-refractivity contribution in [3.05, 3.63) is 29.8 Å². The summed E-state index contributed by atoms with van der Waals surface area (Å²) in [6.45, 7) is 3.75. The Morgan fingerprint density at radius 1 is 1.30 bits per heavy atom. The van der Waals surface area contributed by atoms with Gasteiger partial charge < -0.3 is 5.32 Å². The highest BCUT2D eigenvalue weighted by molar-refractivity contribution is 7.92. The lowest BCUT2D eigenvalue weighted by molar-refractivity contribution is 0.598. The highest BCUT2D eigenvalue weighted by atomic mass is 32.2. The molecule has 1 aliphatic rings. The van der Waals surface area contributed by atoms with Gasteiger partial charge in [-0.05, 0) is 37.1 Å². The molecule has 0 radical (unpaired) electrons. The Balaban J connectivity index is 2.03. The van der Waals surface area contributed by atoms with Gasteiger partial charge in [-0.25, -0.2) is 8.42 Å². The first-order chi connectivity index (χ1) is 9.61. The number of benzene rings is 1. The molecule has 1 heterocycles. The minimum atomic E-state index is -3.23. The van der Waals surface area contributed by atoms with Crippen molar-refractivity contribution in [2.75, 3.05) is 23.6 Å². The van der Waals surface area contributed by atoms with Crippen LogP contribution < -0.4 is 10.0 Å². The Morgan fingerprint density at radius 2 is 2.05 bits per heavy atom. The van der Waals surface area contributed by atoms with Crippen molar-refractivity contribution in [2.45, 2.75) is 26.2 Å². The normalized spacial score (nSPS) is 15.3. The van der Waals surface area contributed by atoms with E-state index in [1.54, 1.807) is 12.1 Å². The SMILES string of the molecule is CCCCS(=O)(=O)Nc1ccc(C2=NCCCN2)cc1. The molecule has 1 aromatic rings. The fourth-order valence-electron chi connectivity index (χ4n) is 1.99. The molecule has 0 bridgehead atoms. The molecule has 5 nitrogen and oxygen atoms in total. The zero-order valence-electron chi connectivity index (χ0n) is 11.7. The molecule has 0 unspecified atom stereocenters. The van der Waals surface area contributed by atoms with Crippen LogP contribution in [0.25, 0.3) is 0 Å². The lowest BCUT2D eigenvalue weighted by atomic mass is 10.1. The van der Waals surface area contributed by atoms with Crippen LogP contribution in [0.4, 0.5) is 5.69 Å². The van der Waals surface area contributed by atoms with Gasteiger partial charge in [0.2, 0.25) is 10.0 Å². The zero-order valence-corrected chi connectivity index (χ0v) is 12.5. The fraction of sp³-hybridized carbons (Fsp3) is 0.500. The number of anilines is 1. The van der Waals surface area contributed by atoms with Crippen molar-refractivity contribution >= 4 is 21.5 Å². The van der Waals surface area contributed by atoms with E-state index < -0.39 is 10.0 Å². The van der Waals surface area contributed by atoms with E-state index in [9.17, 15) is 8.42 Å². The number of sulfonamides is 1. The van der Waals surface area contributed by atoms with Crippen LogP contribution in [-0.2, 0) is 10.0 Å². The van der Waals surface area contributed by atoms with Crippen molar-refractivity contribution in [1.82, 2.24) is 5.32 Å². The van der Waals surface area contributed by atoms with Gasteiger partial charge in [-0.1, -0.05) is 13.3 Å². The van der Waals surface area contributed by atoms with Gasteiger partial charge in [-0.15, -0.1) is 0 Å². The molecule has 0 amide bonds. The molecular weight excluding hydrogens is 274 g/mol. The van der Waals surface area contributed by atoms with Crippen molar-refractivity contribution in [1.29, 1.82) is 0 Å². The molecule has 0 saturated carbocycles. The lowest BCUT2D eigenvalue weighted by Gasteiger charge is -2.15. The molecule has 20 heavy (non-hydrogen) atoms. The molecule has 6 heteroatoms. The molecule has 0 aromatic heterocycles. The highest BCUT2D eigenvalue weighted by Crippen LogP contribution is 2.13. The topological polar surface area (TPSA) is 70.6 Å². The van der Waals surface area contributed by atoms with Crippen LogP contribution in [0.3, 0.4) is 0 Å². The van der Waals surface area contributed by atoms with Gasteiger partial charge in [0, 0.05) is 24.3 Å². The average Bonchev–Trinajstić information content (AvgIpc) is 2.46. The van der Waals surface area contributed by atoms with E-state index in [1.807, 2.05) is 19.1 Å². The molecule has 0 spiro atoms. The summed E-state index contributed by atoms with van der Waals surface area (Å²) in [5.41, 5.74) is 1.59. The average molecular weight is 295 g/mol. The van der Waals surface area contributed by atoms with E-state index in [0.29, 0.717) is 12.1 Å².